The van der Waals surface area contributed by atoms with E-state index in [4.69, 9.17) is 0 Å². The van der Waals surface area contributed by atoms with Crippen LogP contribution >= 0.6 is 0 Å². The number of allylic oxidation sites excluding steroid dienone is 7. The highest BCUT2D eigenvalue weighted by atomic mass is 14.3. The second-order valence-corrected chi connectivity index (χ2v) is 7.16. The van der Waals surface area contributed by atoms with Crippen molar-refractivity contribution in [2.75, 3.05) is 0 Å². The van der Waals surface area contributed by atoms with Crippen LogP contribution in [0.25, 0.3) is 5.57 Å². The summed E-state index contributed by atoms with van der Waals surface area (Å²) >= 11 is 0. The molecule has 2 unspecified atom stereocenters. The fourth-order valence-corrected chi connectivity index (χ4v) is 3.06. The topological polar surface area (TPSA) is 0 Å². The van der Waals surface area contributed by atoms with Crippen molar-refractivity contribution in [1.82, 2.24) is 0 Å². The van der Waals surface area contributed by atoms with Gasteiger partial charge in [0.25, 0.3) is 0 Å². The molecule has 0 saturated carbocycles. The first kappa shape index (κ1) is 23.9. The molecule has 0 aliphatic heterocycles. The highest BCUT2D eigenvalue weighted by Crippen LogP contribution is 2.38. The van der Waals surface area contributed by atoms with E-state index in [1.807, 2.05) is 6.92 Å². The van der Waals surface area contributed by atoms with Gasteiger partial charge >= 0.3 is 0 Å². The van der Waals surface area contributed by atoms with Crippen LogP contribution in [-0.4, -0.2) is 0 Å². The van der Waals surface area contributed by atoms with Crippen molar-refractivity contribution in [2.24, 2.45) is 5.92 Å². The van der Waals surface area contributed by atoms with Gasteiger partial charge in [-0.3, -0.25) is 0 Å². The number of hydrogen-bond donors (Lipinski definition) is 0. The van der Waals surface area contributed by atoms with Crippen LogP contribution in [0.15, 0.2) is 78.9 Å². The van der Waals surface area contributed by atoms with Gasteiger partial charge in [-0.2, -0.15) is 0 Å². The van der Waals surface area contributed by atoms with Crippen molar-refractivity contribution in [1.29, 1.82) is 0 Å². The Hall–Kier alpha value is -2.08. The molecule has 0 spiro atoms. The van der Waals surface area contributed by atoms with Gasteiger partial charge in [-0.1, -0.05) is 106 Å². The van der Waals surface area contributed by atoms with E-state index >= 15 is 0 Å². The van der Waals surface area contributed by atoms with E-state index < -0.39 is 0 Å². The lowest BCUT2D eigenvalue weighted by Crippen LogP contribution is -2.14. The fourth-order valence-electron chi connectivity index (χ4n) is 3.06. The number of rotatable bonds is 7. The Morgan fingerprint density at radius 2 is 1.54 bits per heavy atom. The van der Waals surface area contributed by atoms with E-state index in [1.165, 1.54) is 28.7 Å². The van der Waals surface area contributed by atoms with Crippen molar-refractivity contribution in [2.45, 2.75) is 60.8 Å². The van der Waals surface area contributed by atoms with E-state index in [9.17, 15) is 0 Å². The van der Waals surface area contributed by atoms with Crippen molar-refractivity contribution >= 4 is 5.57 Å². The average Bonchev–Trinajstić information content (AvgIpc) is 2.56. The fraction of sp³-hybridized carbons (Fsp3) is 0.385. The molecule has 0 saturated heterocycles. The predicted octanol–water partition coefficient (Wildman–Crippen LogP) is 8.51. The van der Waals surface area contributed by atoms with Crippen LogP contribution in [0, 0.1) is 5.92 Å². The Morgan fingerprint density at radius 3 is 1.96 bits per heavy atom. The summed E-state index contributed by atoms with van der Waals surface area (Å²) in [5, 5.41) is 0. The molecule has 1 rings (SSSR count). The summed E-state index contributed by atoms with van der Waals surface area (Å²) in [7, 11) is 0. The molecule has 0 nitrogen and oxygen atoms in total. The first-order valence-corrected chi connectivity index (χ1v) is 9.61. The zero-order valence-electron chi connectivity index (χ0n) is 18.0. The third-order valence-electron chi connectivity index (χ3n) is 4.21. The third kappa shape index (κ3) is 7.44. The maximum absolute atomic E-state index is 4.27. The summed E-state index contributed by atoms with van der Waals surface area (Å²) < 4.78 is 0. The largest absolute Gasteiger partial charge is 0.0995 e. The lowest BCUT2D eigenvalue weighted by molar-refractivity contribution is 0.592. The maximum Gasteiger partial charge on any atom is 0.0115 e. The van der Waals surface area contributed by atoms with Gasteiger partial charge in [0.15, 0.2) is 0 Å². The number of hydrogen-bond acceptors (Lipinski definition) is 0. The summed E-state index contributed by atoms with van der Waals surface area (Å²) in [6.07, 6.45) is 7.68. The summed E-state index contributed by atoms with van der Waals surface area (Å²) in [5.74, 6) is 0.609. The standard InChI is InChI=1S/C23H30.C3H8/c1-9-20(15-14-16(2)3)19(8)23(18(6)7)22-13-11-10-12-21(22)17(4)5;1-3-2/h9-15,19,23H,2,4,6H2,1,3,5,7-8H3;3H2,1-2H3/b15-14-,20-9+;. The molecule has 0 fully saturated rings. The minimum absolute atomic E-state index is 0.267. The van der Waals surface area contributed by atoms with Crippen LogP contribution in [-0.2, 0) is 0 Å². The van der Waals surface area contributed by atoms with Crippen LogP contribution in [0.5, 0.6) is 0 Å². The Kier molecular flexibility index (Phi) is 11.3. The molecule has 0 heteroatoms. The van der Waals surface area contributed by atoms with Crippen LogP contribution in [0.3, 0.4) is 0 Å². The van der Waals surface area contributed by atoms with Crippen LogP contribution in [0.1, 0.15) is 71.9 Å². The van der Waals surface area contributed by atoms with Crippen molar-refractivity contribution < 1.29 is 0 Å². The zero-order chi connectivity index (χ0) is 20.3. The van der Waals surface area contributed by atoms with Gasteiger partial charge in [-0.05, 0) is 50.3 Å². The van der Waals surface area contributed by atoms with E-state index in [0.717, 1.165) is 11.1 Å². The second kappa shape index (κ2) is 12.3. The molecule has 1 aromatic carbocycles. The van der Waals surface area contributed by atoms with Gasteiger partial charge < -0.3 is 0 Å². The minimum Gasteiger partial charge on any atom is -0.0995 e. The normalized spacial score (nSPS) is 13.6. The monoisotopic (exact) mass is 350 g/mol. The number of benzene rings is 1. The molecule has 0 bridgehead atoms. The van der Waals surface area contributed by atoms with Crippen molar-refractivity contribution in [3.63, 3.8) is 0 Å². The van der Waals surface area contributed by atoms with Crippen LogP contribution in [0.4, 0.5) is 0 Å². The van der Waals surface area contributed by atoms with E-state index in [0.29, 0.717) is 5.92 Å². The Labute approximate surface area is 162 Å². The van der Waals surface area contributed by atoms with Gasteiger partial charge in [-0.15, -0.1) is 0 Å². The van der Waals surface area contributed by atoms with Gasteiger partial charge in [0.2, 0.25) is 0 Å². The Balaban J connectivity index is 0.00000194. The van der Waals surface area contributed by atoms with Gasteiger partial charge in [0.1, 0.15) is 0 Å². The molecule has 0 aliphatic carbocycles. The molecule has 26 heavy (non-hydrogen) atoms. The van der Waals surface area contributed by atoms with Gasteiger partial charge in [0, 0.05) is 5.92 Å². The molecule has 0 aliphatic rings. The lowest BCUT2D eigenvalue weighted by Gasteiger charge is -2.28. The highest BCUT2D eigenvalue weighted by Gasteiger charge is 2.24. The van der Waals surface area contributed by atoms with Gasteiger partial charge in [-0.25, -0.2) is 0 Å². The van der Waals surface area contributed by atoms with Gasteiger partial charge in [0.05, 0.1) is 0 Å². The summed E-state index contributed by atoms with van der Waals surface area (Å²) in [5.41, 5.74) is 7.17. The third-order valence-corrected chi connectivity index (χ3v) is 4.21. The maximum atomic E-state index is 4.27. The predicted molar refractivity (Wildman–Crippen MR) is 122 cm³/mol. The summed E-state index contributed by atoms with van der Waals surface area (Å²) in [4.78, 5) is 0. The van der Waals surface area contributed by atoms with Crippen molar-refractivity contribution in [3.8, 4) is 0 Å². The molecule has 0 amide bonds. The molecule has 1 aromatic rings. The van der Waals surface area contributed by atoms with Crippen molar-refractivity contribution in [3.05, 3.63) is 90.1 Å². The first-order valence-electron chi connectivity index (χ1n) is 9.61. The molecular weight excluding hydrogens is 312 g/mol. The van der Waals surface area contributed by atoms with E-state index in [-0.39, 0.29) is 5.92 Å². The first-order chi connectivity index (χ1) is 12.2. The molecule has 0 N–H and O–H groups in total. The molecule has 0 radical (unpaired) electrons. The Bertz CT molecular complexity index is 667. The lowest BCUT2D eigenvalue weighted by atomic mass is 9.76. The zero-order valence-corrected chi connectivity index (χ0v) is 18.0. The summed E-state index contributed by atoms with van der Waals surface area (Å²) in [6, 6.07) is 8.53. The van der Waals surface area contributed by atoms with E-state index in [2.05, 4.69) is 104 Å². The highest BCUT2D eigenvalue weighted by molar-refractivity contribution is 5.66. The molecule has 2 atom stereocenters. The summed E-state index contributed by atoms with van der Waals surface area (Å²) in [6.45, 7) is 27.2. The van der Waals surface area contributed by atoms with Crippen LogP contribution in [0.2, 0.25) is 0 Å². The SMILES string of the molecule is C=C(C)/C=C\C(=C/C)C(C)C(C(=C)C)c1ccccc1C(=C)C.CCC. The second-order valence-electron chi connectivity index (χ2n) is 7.16. The Morgan fingerprint density at radius 1 is 1.00 bits per heavy atom. The average molecular weight is 351 g/mol. The molecule has 142 valence electrons. The molecular formula is C26H38. The molecule has 0 heterocycles. The molecule has 0 aromatic heterocycles. The van der Waals surface area contributed by atoms with E-state index in [1.54, 1.807) is 0 Å². The quantitative estimate of drug-likeness (QED) is 0.341. The van der Waals surface area contributed by atoms with Crippen LogP contribution < -0.4 is 0 Å². The smallest absolute Gasteiger partial charge is 0.0115 e. The minimum atomic E-state index is 0.267.